The molecule has 4 nitrogen and oxygen atoms in total. The number of nitrogens with zero attached hydrogens (tertiary/aromatic N) is 1. The topological polar surface area (TPSA) is 57.6 Å². The molecule has 1 saturated heterocycles. The van der Waals surface area contributed by atoms with Gasteiger partial charge in [0.1, 0.15) is 0 Å². The highest BCUT2D eigenvalue weighted by molar-refractivity contribution is 7.88. The van der Waals surface area contributed by atoms with Gasteiger partial charge >= 0.3 is 0 Å². The van der Waals surface area contributed by atoms with E-state index in [4.69, 9.17) is 5.11 Å². The maximum absolute atomic E-state index is 12.5. The van der Waals surface area contributed by atoms with Crippen LogP contribution in [0.5, 0.6) is 0 Å². The quantitative estimate of drug-likeness (QED) is 0.929. The standard InChI is InChI=1S/C16H25NO3S/c1-16(2)8-3-10-17(11-9-16)21(19,20)13-15-6-4-14(12-18)5-7-15/h4-7,18H,3,8-13H2,1-2H3. The van der Waals surface area contributed by atoms with E-state index in [1.54, 1.807) is 28.6 Å². The van der Waals surface area contributed by atoms with Gasteiger partial charge in [-0.25, -0.2) is 12.7 Å². The van der Waals surface area contributed by atoms with E-state index >= 15 is 0 Å². The minimum absolute atomic E-state index is 0.0196. The summed E-state index contributed by atoms with van der Waals surface area (Å²) in [5, 5.41) is 9.02. The van der Waals surface area contributed by atoms with Crippen molar-refractivity contribution in [2.45, 2.75) is 45.5 Å². The average molecular weight is 311 g/mol. The van der Waals surface area contributed by atoms with Crippen molar-refractivity contribution in [3.8, 4) is 0 Å². The molecule has 5 heteroatoms. The Morgan fingerprint density at radius 2 is 1.71 bits per heavy atom. The zero-order valence-corrected chi connectivity index (χ0v) is 13.7. The predicted octanol–water partition coefficient (Wildman–Crippen LogP) is 2.52. The summed E-state index contributed by atoms with van der Waals surface area (Å²) < 4.78 is 26.7. The monoisotopic (exact) mass is 311 g/mol. The molecule has 0 atom stereocenters. The van der Waals surface area contributed by atoms with E-state index in [0.717, 1.165) is 30.4 Å². The van der Waals surface area contributed by atoms with E-state index in [0.29, 0.717) is 13.1 Å². The molecule has 0 saturated carbocycles. The van der Waals surface area contributed by atoms with Crippen molar-refractivity contribution in [3.63, 3.8) is 0 Å². The van der Waals surface area contributed by atoms with Crippen LogP contribution in [0, 0.1) is 5.41 Å². The summed E-state index contributed by atoms with van der Waals surface area (Å²) in [4.78, 5) is 0. The van der Waals surface area contributed by atoms with Crippen LogP contribution in [0.25, 0.3) is 0 Å². The second kappa shape index (κ2) is 6.46. The fourth-order valence-corrected chi connectivity index (χ4v) is 4.29. The molecule has 1 N–H and O–H groups in total. The summed E-state index contributed by atoms with van der Waals surface area (Å²) in [7, 11) is -3.26. The van der Waals surface area contributed by atoms with Crippen LogP contribution in [-0.4, -0.2) is 30.9 Å². The molecule has 0 amide bonds. The second-order valence-electron chi connectivity index (χ2n) is 6.65. The molecular weight excluding hydrogens is 286 g/mol. The van der Waals surface area contributed by atoms with E-state index in [-0.39, 0.29) is 17.8 Å². The van der Waals surface area contributed by atoms with Gasteiger partial charge in [0.25, 0.3) is 0 Å². The summed E-state index contributed by atoms with van der Waals surface area (Å²) >= 11 is 0. The van der Waals surface area contributed by atoms with Gasteiger partial charge in [-0.1, -0.05) is 38.1 Å². The first-order valence-electron chi connectivity index (χ1n) is 7.49. The number of hydrogen-bond donors (Lipinski definition) is 1. The molecule has 0 radical (unpaired) electrons. The summed E-state index contributed by atoms with van der Waals surface area (Å²) in [5.74, 6) is 0.0408. The lowest BCUT2D eigenvalue weighted by Crippen LogP contribution is -2.33. The summed E-state index contributed by atoms with van der Waals surface area (Å²) in [6.07, 6.45) is 2.91. The SMILES string of the molecule is CC1(C)CCCN(S(=O)(=O)Cc2ccc(CO)cc2)CC1. The van der Waals surface area contributed by atoms with Crippen LogP contribution < -0.4 is 0 Å². The highest BCUT2D eigenvalue weighted by atomic mass is 32.2. The van der Waals surface area contributed by atoms with Crippen LogP contribution in [0.4, 0.5) is 0 Å². The van der Waals surface area contributed by atoms with Crippen molar-refractivity contribution < 1.29 is 13.5 Å². The lowest BCUT2D eigenvalue weighted by Gasteiger charge is -2.23. The lowest BCUT2D eigenvalue weighted by molar-refractivity contribution is 0.282. The molecule has 0 unspecified atom stereocenters. The van der Waals surface area contributed by atoms with Crippen LogP contribution in [0.3, 0.4) is 0 Å². The minimum Gasteiger partial charge on any atom is -0.392 e. The van der Waals surface area contributed by atoms with Crippen molar-refractivity contribution in [3.05, 3.63) is 35.4 Å². The van der Waals surface area contributed by atoms with Gasteiger partial charge in [-0.15, -0.1) is 0 Å². The molecule has 21 heavy (non-hydrogen) atoms. The summed E-state index contributed by atoms with van der Waals surface area (Å²) in [6, 6.07) is 7.11. The smallest absolute Gasteiger partial charge is 0.218 e. The van der Waals surface area contributed by atoms with Crippen LogP contribution >= 0.6 is 0 Å². The van der Waals surface area contributed by atoms with Crippen molar-refractivity contribution in [1.82, 2.24) is 4.31 Å². The number of benzene rings is 1. The number of rotatable bonds is 4. The van der Waals surface area contributed by atoms with Crippen molar-refractivity contribution in [2.75, 3.05) is 13.1 Å². The highest BCUT2D eigenvalue weighted by Crippen LogP contribution is 2.31. The zero-order valence-electron chi connectivity index (χ0n) is 12.9. The fraction of sp³-hybridized carbons (Fsp3) is 0.625. The molecule has 0 bridgehead atoms. The van der Waals surface area contributed by atoms with Gasteiger partial charge < -0.3 is 5.11 Å². The number of aliphatic hydroxyl groups excluding tert-OH is 1. The van der Waals surface area contributed by atoms with Crippen molar-refractivity contribution >= 4 is 10.0 Å². The highest BCUT2D eigenvalue weighted by Gasteiger charge is 2.29. The number of aliphatic hydroxyl groups is 1. The van der Waals surface area contributed by atoms with Gasteiger partial charge in [-0.05, 0) is 35.8 Å². The third kappa shape index (κ3) is 4.53. The molecule has 118 valence electrons. The molecule has 1 aliphatic rings. The molecule has 0 aromatic heterocycles. The third-order valence-corrected chi connectivity index (χ3v) is 6.10. The molecule has 1 fully saturated rings. The molecule has 0 spiro atoms. The Labute approximate surface area is 127 Å². The Bertz CT molecular complexity index is 564. The first-order valence-corrected chi connectivity index (χ1v) is 9.10. The van der Waals surface area contributed by atoms with Gasteiger partial charge in [0.15, 0.2) is 0 Å². The molecule has 1 heterocycles. The average Bonchev–Trinajstić information content (AvgIpc) is 2.60. The molecule has 2 rings (SSSR count). The van der Waals surface area contributed by atoms with Crippen LogP contribution in [-0.2, 0) is 22.4 Å². The first kappa shape index (κ1) is 16.5. The van der Waals surface area contributed by atoms with Crippen molar-refractivity contribution in [1.29, 1.82) is 0 Å². The van der Waals surface area contributed by atoms with Crippen LogP contribution in [0.1, 0.15) is 44.2 Å². The van der Waals surface area contributed by atoms with Crippen LogP contribution in [0.2, 0.25) is 0 Å². The molecule has 0 aliphatic carbocycles. The number of hydrogen-bond acceptors (Lipinski definition) is 3. The van der Waals surface area contributed by atoms with E-state index in [2.05, 4.69) is 13.8 Å². The second-order valence-corrected chi connectivity index (χ2v) is 8.62. The largest absolute Gasteiger partial charge is 0.392 e. The predicted molar refractivity (Wildman–Crippen MR) is 84.2 cm³/mol. The maximum Gasteiger partial charge on any atom is 0.218 e. The zero-order chi connectivity index (χ0) is 15.5. The molecule has 1 aromatic carbocycles. The Morgan fingerprint density at radius 1 is 1.10 bits per heavy atom. The van der Waals surface area contributed by atoms with Gasteiger partial charge in [-0.2, -0.15) is 0 Å². The fourth-order valence-electron chi connectivity index (χ4n) is 2.72. The van der Waals surface area contributed by atoms with Crippen molar-refractivity contribution in [2.24, 2.45) is 5.41 Å². The summed E-state index contributed by atoms with van der Waals surface area (Å²) in [5.41, 5.74) is 1.80. The minimum atomic E-state index is -3.26. The van der Waals surface area contributed by atoms with E-state index in [9.17, 15) is 8.42 Å². The Morgan fingerprint density at radius 3 is 2.33 bits per heavy atom. The first-order chi connectivity index (χ1) is 9.82. The third-order valence-electron chi connectivity index (χ3n) is 4.25. The molecular formula is C16H25NO3S. The Hall–Kier alpha value is -0.910. The van der Waals surface area contributed by atoms with Gasteiger partial charge in [0.05, 0.1) is 12.4 Å². The van der Waals surface area contributed by atoms with Gasteiger partial charge in [0.2, 0.25) is 10.0 Å². The van der Waals surface area contributed by atoms with E-state index in [1.165, 1.54) is 0 Å². The Balaban J connectivity index is 2.06. The van der Waals surface area contributed by atoms with E-state index < -0.39 is 10.0 Å². The maximum atomic E-state index is 12.5. The Kier molecular flexibility index (Phi) is 5.07. The van der Waals surface area contributed by atoms with Gasteiger partial charge in [0, 0.05) is 13.1 Å². The van der Waals surface area contributed by atoms with Gasteiger partial charge in [-0.3, -0.25) is 0 Å². The normalized spacial score (nSPS) is 20.1. The lowest BCUT2D eigenvalue weighted by atomic mass is 9.85. The van der Waals surface area contributed by atoms with Crippen LogP contribution in [0.15, 0.2) is 24.3 Å². The van der Waals surface area contributed by atoms with E-state index in [1.807, 2.05) is 0 Å². The number of sulfonamides is 1. The molecule has 1 aliphatic heterocycles. The molecule has 1 aromatic rings. The summed E-state index contributed by atoms with van der Waals surface area (Å²) in [6.45, 7) is 5.63.